The Morgan fingerprint density at radius 3 is 2.41 bits per heavy atom. The largest absolute Gasteiger partial charge is 0.487 e. The van der Waals surface area contributed by atoms with Gasteiger partial charge in [0, 0.05) is 13.1 Å². The number of hydrogen-bond donors (Lipinski definition) is 1. The Balaban J connectivity index is 1.74. The summed E-state index contributed by atoms with van der Waals surface area (Å²) in [5.41, 5.74) is 0.971. The lowest BCUT2D eigenvalue weighted by atomic mass is 10.1. The van der Waals surface area contributed by atoms with E-state index in [9.17, 15) is 18.0 Å². The number of alkyl halides is 3. The molecule has 2 rings (SSSR count). The van der Waals surface area contributed by atoms with Crippen LogP contribution in [0.5, 0.6) is 5.75 Å². The molecule has 2 aromatic rings. The van der Waals surface area contributed by atoms with Crippen molar-refractivity contribution < 1.29 is 27.4 Å². The summed E-state index contributed by atoms with van der Waals surface area (Å²) >= 11 is 0. The van der Waals surface area contributed by atoms with Crippen molar-refractivity contribution in [3.8, 4) is 5.75 Å². The summed E-state index contributed by atoms with van der Waals surface area (Å²) in [5.74, 6) is 0.0444. The summed E-state index contributed by atoms with van der Waals surface area (Å²) in [6.45, 7) is 3.52. The van der Waals surface area contributed by atoms with Gasteiger partial charge in [0.1, 0.15) is 18.1 Å². The van der Waals surface area contributed by atoms with Crippen LogP contribution in [0.25, 0.3) is 0 Å². The number of carbonyl (C=O) groups excluding carboxylic acids is 1. The molecule has 8 heteroatoms. The molecule has 5 nitrogen and oxygen atoms in total. The van der Waals surface area contributed by atoms with Crippen molar-refractivity contribution in [3.63, 3.8) is 0 Å². The second-order valence-corrected chi connectivity index (χ2v) is 5.71. The number of benzene rings is 1. The van der Waals surface area contributed by atoms with Gasteiger partial charge in [-0.15, -0.1) is 0 Å². The SMILES string of the molecule is CCOC(=O)CCNCc1ccc(COc2ccc(C(F)(F)F)nc2)cc1. The predicted molar refractivity (Wildman–Crippen MR) is 93.0 cm³/mol. The van der Waals surface area contributed by atoms with Gasteiger partial charge < -0.3 is 14.8 Å². The number of nitrogens with zero attached hydrogens (tertiary/aromatic N) is 1. The molecule has 1 aromatic heterocycles. The average Bonchev–Trinajstić information content (AvgIpc) is 2.64. The zero-order chi connectivity index (χ0) is 19.7. The third-order valence-corrected chi connectivity index (χ3v) is 3.60. The number of esters is 1. The van der Waals surface area contributed by atoms with E-state index in [1.54, 1.807) is 6.92 Å². The third kappa shape index (κ3) is 7.26. The first kappa shape index (κ1) is 20.7. The Morgan fingerprint density at radius 1 is 1.11 bits per heavy atom. The van der Waals surface area contributed by atoms with Crippen LogP contribution in [0.1, 0.15) is 30.2 Å². The molecule has 0 unspecified atom stereocenters. The van der Waals surface area contributed by atoms with Gasteiger partial charge in [0.15, 0.2) is 0 Å². The molecule has 0 atom stereocenters. The lowest BCUT2D eigenvalue weighted by Crippen LogP contribution is -2.19. The lowest BCUT2D eigenvalue weighted by molar-refractivity contribution is -0.143. The number of aromatic nitrogens is 1. The first-order chi connectivity index (χ1) is 12.9. The van der Waals surface area contributed by atoms with Gasteiger partial charge in [0.05, 0.1) is 19.2 Å². The summed E-state index contributed by atoms with van der Waals surface area (Å²) < 4.78 is 47.7. The zero-order valence-corrected chi connectivity index (χ0v) is 14.9. The maximum atomic E-state index is 12.5. The quantitative estimate of drug-likeness (QED) is 0.529. The number of rotatable bonds is 9. The fourth-order valence-electron chi connectivity index (χ4n) is 2.21. The van der Waals surface area contributed by atoms with Crippen molar-refractivity contribution in [2.75, 3.05) is 13.2 Å². The third-order valence-electron chi connectivity index (χ3n) is 3.60. The second-order valence-electron chi connectivity index (χ2n) is 5.71. The highest BCUT2D eigenvalue weighted by Gasteiger charge is 2.32. The van der Waals surface area contributed by atoms with Gasteiger partial charge in [-0.1, -0.05) is 24.3 Å². The Kier molecular flexibility index (Phi) is 7.60. The fourth-order valence-corrected chi connectivity index (χ4v) is 2.21. The summed E-state index contributed by atoms with van der Waals surface area (Å²) in [6.07, 6.45) is -3.08. The first-order valence-electron chi connectivity index (χ1n) is 8.48. The van der Waals surface area contributed by atoms with Gasteiger partial charge in [-0.25, -0.2) is 4.98 Å². The number of hydrogen-bond acceptors (Lipinski definition) is 5. The molecule has 27 heavy (non-hydrogen) atoms. The molecule has 0 aliphatic carbocycles. The summed E-state index contributed by atoms with van der Waals surface area (Å²) in [6, 6.07) is 9.72. The zero-order valence-electron chi connectivity index (χ0n) is 14.9. The number of halogens is 3. The summed E-state index contributed by atoms with van der Waals surface area (Å²) in [5, 5.41) is 3.15. The van der Waals surface area contributed by atoms with Gasteiger partial charge in [0.2, 0.25) is 0 Å². The molecular weight excluding hydrogens is 361 g/mol. The van der Waals surface area contributed by atoms with E-state index in [1.807, 2.05) is 24.3 Å². The normalized spacial score (nSPS) is 11.3. The van der Waals surface area contributed by atoms with Crippen molar-refractivity contribution in [3.05, 3.63) is 59.4 Å². The summed E-state index contributed by atoms with van der Waals surface area (Å²) in [7, 11) is 0. The van der Waals surface area contributed by atoms with Crippen LogP contribution in [0.2, 0.25) is 0 Å². The molecule has 0 radical (unpaired) electrons. The van der Waals surface area contributed by atoms with Crippen LogP contribution in [-0.4, -0.2) is 24.1 Å². The van der Waals surface area contributed by atoms with Crippen molar-refractivity contribution in [2.45, 2.75) is 32.7 Å². The van der Waals surface area contributed by atoms with Crippen LogP contribution in [0.15, 0.2) is 42.6 Å². The molecule has 0 amide bonds. The minimum Gasteiger partial charge on any atom is -0.487 e. The number of nitrogens with one attached hydrogen (secondary N) is 1. The Hall–Kier alpha value is -2.61. The molecule has 0 aliphatic rings. The van der Waals surface area contributed by atoms with Crippen LogP contribution in [0, 0.1) is 0 Å². The van der Waals surface area contributed by atoms with E-state index < -0.39 is 11.9 Å². The van der Waals surface area contributed by atoms with Crippen LogP contribution >= 0.6 is 0 Å². The number of ether oxygens (including phenoxy) is 2. The smallest absolute Gasteiger partial charge is 0.433 e. The molecule has 0 spiro atoms. The maximum absolute atomic E-state index is 12.5. The highest BCUT2D eigenvalue weighted by Crippen LogP contribution is 2.28. The molecule has 0 saturated heterocycles. The average molecular weight is 382 g/mol. The predicted octanol–water partition coefficient (Wildman–Crippen LogP) is 3.72. The molecular formula is C19H21F3N2O3. The highest BCUT2D eigenvalue weighted by molar-refractivity contribution is 5.69. The first-order valence-corrected chi connectivity index (χ1v) is 8.48. The van der Waals surface area contributed by atoms with E-state index in [1.165, 1.54) is 6.07 Å². The minimum absolute atomic E-state index is 0.226. The van der Waals surface area contributed by atoms with Gasteiger partial charge >= 0.3 is 12.1 Å². The van der Waals surface area contributed by atoms with Crippen LogP contribution < -0.4 is 10.1 Å². The molecule has 1 aromatic carbocycles. The fraction of sp³-hybridized carbons (Fsp3) is 0.368. The minimum atomic E-state index is -4.46. The van der Waals surface area contributed by atoms with E-state index >= 15 is 0 Å². The molecule has 0 fully saturated rings. The highest BCUT2D eigenvalue weighted by atomic mass is 19.4. The molecule has 0 bridgehead atoms. The van der Waals surface area contributed by atoms with E-state index in [0.29, 0.717) is 26.1 Å². The van der Waals surface area contributed by atoms with Crippen molar-refractivity contribution in [1.82, 2.24) is 10.3 Å². The van der Waals surface area contributed by atoms with Crippen LogP contribution in [0.4, 0.5) is 13.2 Å². The Bertz CT molecular complexity index is 716. The topological polar surface area (TPSA) is 60.5 Å². The number of pyridine rings is 1. The van der Waals surface area contributed by atoms with E-state index in [4.69, 9.17) is 9.47 Å². The molecule has 146 valence electrons. The standard InChI is InChI=1S/C19H21F3N2O3/c1-2-26-18(25)9-10-23-11-14-3-5-15(6-4-14)13-27-16-7-8-17(24-12-16)19(20,21)22/h3-8,12,23H,2,9-11,13H2,1H3. The molecule has 1 N–H and O–H groups in total. The molecule has 0 aliphatic heterocycles. The summed E-state index contributed by atoms with van der Waals surface area (Å²) in [4.78, 5) is 14.6. The Labute approximate surface area is 155 Å². The van der Waals surface area contributed by atoms with E-state index in [2.05, 4.69) is 10.3 Å². The van der Waals surface area contributed by atoms with Gasteiger partial charge in [-0.05, 0) is 30.2 Å². The maximum Gasteiger partial charge on any atom is 0.433 e. The van der Waals surface area contributed by atoms with Crippen molar-refractivity contribution in [1.29, 1.82) is 0 Å². The van der Waals surface area contributed by atoms with Gasteiger partial charge in [-0.3, -0.25) is 4.79 Å². The second kappa shape index (κ2) is 9.91. The van der Waals surface area contributed by atoms with Crippen LogP contribution in [-0.2, 0) is 28.9 Å². The lowest BCUT2D eigenvalue weighted by Gasteiger charge is -2.09. The molecule has 0 saturated carbocycles. The van der Waals surface area contributed by atoms with Crippen molar-refractivity contribution in [2.24, 2.45) is 0 Å². The van der Waals surface area contributed by atoms with Crippen LogP contribution in [0.3, 0.4) is 0 Å². The Morgan fingerprint density at radius 2 is 1.81 bits per heavy atom. The van der Waals surface area contributed by atoms with Crippen molar-refractivity contribution >= 4 is 5.97 Å². The molecule has 1 heterocycles. The van der Waals surface area contributed by atoms with E-state index in [0.717, 1.165) is 23.4 Å². The number of carbonyl (C=O) groups is 1. The van der Waals surface area contributed by atoms with Gasteiger partial charge in [0.25, 0.3) is 0 Å². The van der Waals surface area contributed by atoms with E-state index in [-0.39, 0.29) is 18.3 Å². The monoisotopic (exact) mass is 382 g/mol. The van der Waals surface area contributed by atoms with Gasteiger partial charge in [-0.2, -0.15) is 13.2 Å².